The second-order valence-corrected chi connectivity index (χ2v) is 10.5. The van der Waals surface area contributed by atoms with Crippen molar-refractivity contribution in [2.45, 2.75) is 28.0 Å². The van der Waals surface area contributed by atoms with Gasteiger partial charge in [0.25, 0.3) is 0 Å². The molecule has 0 aromatic heterocycles. The van der Waals surface area contributed by atoms with E-state index in [0.717, 1.165) is 10.5 Å². The van der Waals surface area contributed by atoms with E-state index in [1.807, 2.05) is 54.6 Å². The van der Waals surface area contributed by atoms with Crippen LogP contribution in [0.5, 0.6) is 0 Å². The van der Waals surface area contributed by atoms with Crippen molar-refractivity contribution in [3.05, 3.63) is 90.0 Å². The zero-order chi connectivity index (χ0) is 21.1. The predicted molar refractivity (Wildman–Crippen MR) is 120 cm³/mol. The molecule has 1 N–H and O–H groups in total. The molecule has 0 aliphatic carbocycles. The number of hydrogen-bond donors (Lipinski definition) is 1. The van der Waals surface area contributed by atoms with Crippen molar-refractivity contribution in [1.82, 2.24) is 4.31 Å². The number of carbonyl (C=O) groups excluding carboxylic acids is 1. The fourth-order valence-electron chi connectivity index (χ4n) is 3.37. The van der Waals surface area contributed by atoms with Crippen LogP contribution in [0, 0.1) is 0 Å². The molecule has 1 aliphatic heterocycles. The molecule has 7 heteroatoms. The third kappa shape index (κ3) is 4.43. The van der Waals surface area contributed by atoms with E-state index in [1.54, 1.807) is 30.9 Å². The summed E-state index contributed by atoms with van der Waals surface area (Å²) in [6.45, 7) is 0.293. The highest BCUT2D eigenvalue weighted by molar-refractivity contribution is 8.01. The lowest BCUT2D eigenvalue weighted by molar-refractivity contribution is -0.115. The molecule has 0 radical (unpaired) electrons. The first-order chi connectivity index (χ1) is 14.4. The summed E-state index contributed by atoms with van der Waals surface area (Å²) in [6.07, 6.45) is 0.698. The van der Waals surface area contributed by atoms with E-state index in [9.17, 15) is 13.2 Å². The average Bonchev–Trinajstić information content (AvgIpc) is 3.19. The Kier molecular flexibility index (Phi) is 5.94. The van der Waals surface area contributed by atoms with Crippen molar-refractivity contribution in [2.24, 2.45) is 0 Å². The molecule has 3 aromatic carbocycles. The molecule has 4 rings (SSSR count). The minimum atomic E-state index is -3.62. The Balaban J connectivity index is 1.40. The van der Waals surface area contributed by atoms with E-state index in [2.05, 4.69) is 5.32 Å². The minimum absolute atomic E-state index is 0.0759. The quantitative estimate of drug-likeness (QED) is 0.628. The number of carbonyl (C=O) groups is 1. The van der Waals surface area contributed by atoms with Gasteiger partial charge in [-0.05, 0) is 47.9 Å². The average molecular weight is 439 g/mol. The Labute approximate surface area is 181 Å². The number of benzene rings is 3. The van der Waals surface area contributed by atoms with Crippen LogP contribution in [0.15, 0.2) is 88.7 Å². The van der Waals surface area contributed by atoms with Gasteiger partial charge in [0.2, 0.25) is 15.9 Å². The van der Waals surface area contributed by atoms with Gasteiger partial charge in [0, 0.05) is 24.2 Å². The van der Waals surface area contributed by atoms with Gasteiger partial charge in [0.15, 0.2) is 0 Å². The van der Waals surface area contributed by atoms with Crippen molar-refractivity contribution < 1.29 is 13.2 Å². The molecule has 1 aliphatic rings. The van der Waals surface area contributed by atoms with Crippen molar-refractivity contribution in [1.29, 1.82) is 0 Å². The summed E-state index contributed by atoms with van der Waals surface area (Å²) < 4.78 is 27.0. The number of rotatable bonds is 6. The van der Waals surface area contributed by atoms with Gasteiger partial charge in [-0.25, -0.2) is 8.42 Å². The number of anilines is 1. The molecule has 0 unspecified atom stereocenters. The maximum absolute atomic E-state index is 12.8. The summed E-state index contributed by atoms with van der Waals surface area (Å²) >= 11 is 1.56. The second-order valence-electron chi connectivity index (χ2n) is 7.18. The number of nitrogens with one attached hydrogen (secondary N) is 1. The fourth-order valence-corrected chi connectivity index (χ4v) is 5.72. The molecule has 0 spiro atoms. The van der Waals surface area contributed by atoms with Crippen LogP contribution in [0.4, 0.5) is 5.69 Å². The topological polar surface area (TPSA) is 66.5 Å². The monoisotopic (exact) mass is 438 g/mol. The van der Waals surface area contributed by atoms with E-state index < -0.39 is 10.0 Å². The summed E-state index contributed by atoms with van der Waals surface area (Å²) in [5.74, 6) is -0.0759. The highest BCUT2D eigenvalue weighted by Crippen LogP contribution is 2.37. The molecule has 0 bridgehead atoms. The molecule has 1 atom stereocenters. The van der Waals surface area contributed by atoms with Crippen LogP contribution < -0.4 is 5.32 Å². The van der Waals surface area contributed by atoms with Crippen molar-refractivity contribution >= 4 is 33.4 Å². The van der Waals surface area contributed by atoms with Gasteiger partial charge >= 0.3 is 0 Å². The lowest BCUT2D eigenvalue weighted by Gasteiger charge is -2.18. The molecular weight excluding hydrogens is 416 g/mol. The highest BCUT2D eigenvalue weighted by atomic mass is 32.2. The van der Waals surface area contributed by atoms with E-state index in [4.69, 9.17) is 0 Å². The molecule has 0 fully saturated rings. The molecule has 3 aromatic rings. The van der Waals surface area contributed by atoms with Crippen molar-refractivity contribution in [2.75, 3.05) is 12.4 Å². The van der Waals surface area contributed by atoms with E-state index in [1.165, 1.54) is 22.0 Å². The first-order valence-electron chi connectivity index (χ1n) is 9.59. The molecule has 30 heavy (non-hydrogen) atoms. The van der Waals surface area contributed by atoms with Crippen LogP contribution in [0.25, 0.3) is 0 Å². The number of amides is 1. The Morgan fingerprint density at radius 3 is 2.37 bits per heavy atom. The highest BCUT2D eigenvalue weighted by Gasteiger charge is 2.28. The van der Waals surface area contributed by atoms with Crippen LogP contribution in [-0.2, 0) is 27.8 Å². The Morgan fingerprint density at radius 2 is 1.67 bits per heavy atom. The number of hydrogen-bond acceptors (Lipinski definition) is 4. The zero-order valence-corrected chi connectivity index (χ0v) is 18.1. The molecule has 5 nitrogen and oxygen atoms in total. The molecule has 0 saturated carbocycles. The summed E-state index contributed by atoms with van der Waals surface area (Å²) in [5.41, 5.74) is 2.69. The maximum atomic E-state index is 12.8. The fraction of sp³-hybridized carbons (Fsp3) is 0.174. The summed E-state index contributed by atoms with van der Waals surface area (Å²) in [6, 6.07) is 23.8. The van der Waals surface area contributed by atoms with E-state index >= 15 is 0 Å². The molecule has 154 valence electrons. The Hall–Kier alpha value is -2.61. The second kappa shape index (κ2) is 8.63. The van der Waals surface area contributed by atoms with E-state index in [-0.39, 0.29) is 16.1 Å². The van der Waals surface area contributed by atoms with Gasteiger partial charge < -0.3 is 5.32 Å². The SMILES string of the molecule is CN(Cc1ccccc1)S(=O)(=O)c1ccc(NC(=O)[C@H]2Cc3ccccc3S2)cc1. The summed E-state index contributed by atoms with van der Waals surface area (Å²) in [7, 11) is -2.06. The van der Waals surface area contributed by atoms with E-state index in [0.29, 0.717) is 18.7 Å². The van der Waals surface area contributed by atoms with Gasteiger partial charge in [-0.2, -0.15) is 4.31 Å². The number of sulfonamides is 1. The normalized spacial score (nSPS) is 15.7. The minimum Gasteiger partial charge on any atom is -0.325 e. The zero-order valence-electron chi connectivity index (χ0n) is 16.5. The first kappa shape index (κ1) is 20.7. The number of thioether (sulfide) groups is 1. The smallest absolute Gasteiger partial charge is 0.243 e. The third-order valence-electron chi connectivity index (χ3n) is 5.02. The predicted octanol–water partition coefficient (Wildman–Crippen LogP) is 4.16. The lowest BCUT2D eigenvalue weighted by Crippen LogP contribution is -2.26. The standard InChI is InChI=1S/C23H22N2O3S2/c1-25(16-17-7-3-2-4-8-17)30(27,28)20-13-11-19(12-14-20)24-23(26)22-15-18-9-5-6-10-21(18)29-22/h2-14,22H,15-16H2,1H3,(H,24,26)/t22-/m1/s1. The molecular formula is C23H22N2O3S2. The Bertz CT molecular complexity index is 1120. The molecule has 1 amide bonds. The maximum Gasteiger partial charge on any atom is 0.243 e. The summed E-state index contributed by atoms with van der Waals surface area (Å²) in [4.78, 5) is 14.0. The van der Waals surface area contributed by atoms with Gasteiger partial charge in [-0.15, -0.1) is 11.8 Å². The van der Waals surface area contributed by atoms with Crippen LogP contribution in [0.2, 0.25) is 0 Å². The van der Waals surface area contributed by atoms with Crippen LogP contribution >= 0.6 is 11.8 Å². The summed E-state index contributed by atoms with van der Waals surface area (Å²) in [5, 5.41) is 2.72. The Morgan fingerprint density at radius 1 is 1.00 bits per heavy atom. The van der Waals surface area contributed by atoms with Crippen LogP contribution in [0.1, 0.15) is 11.1 Å². The van der Waals surface area contributed by atoms with Crippen LogP contribution in [0.3, 0.4) is 0 Å². The van der Waals surface area contributed by atoms with Gasteiger partial charge in [0.05, 0.1) is 10.1 Å². The molecule has 0 saturated heterocycles. The lowest BCUT2D eigenvalue weighted by atomic mass is 10.1. The number of fused-ring (bicyclic) bond motifs is 1. The molecule has 1 heterocycles. The number of nitrogens with zero attached hydrogens (tertiary/aromatic N) is 1. The van der Waals surface area contributed by atoms with Gasteiger partial charge in [-0.3, -0.25) is 4.79 Å². The van der Waals surface area contributed by atoms with Crippen molar-refractivity contribution in [3.8, 4) is 0 Å². The third-order valence-corrected chi connectivity index (χ3v) is 8.15. The van der Waals surface area contributed by atoms with Gasteiger partial charge in [-0.1, -0.05) is 48.5 Å². The largest absolute Gasteiger partial charge is 0.325 e. The van der Waals surface area contributed by atoms with Crippen molar-refractivity contribution in [3.63, 3.8) is 0 Å². The van der Waals surface area contributed by atoms with Crippen LogP contribution in [-0.4, -0.2) is 30.9 Å². The first-order valence-corrected chi connectivity index (χ1v) is 11.9. The van der Waals surface area contributed by atoms with Gasteiger partial charge in [0.1, 0.15) is 0 Å².